The van der Waals surface area contributed by atoms with Crippen molar-refractivity contribution < 1.29 is 80.2 Å². The molecule has 0 fully saturated rings. The van der Waals surface area contributed by atoms with Crippen molar-refractivity contribution in [2.75, 3.05) is 39.6 Å². The maximum absolute atomic E-state index is 13.1. The molecule has 0 rings (SSSR count). The highest BCUT2D eigenvalue weighted by atomic mass is 31.2. The first-order valence-electron chi connectivity index (χ1n) is 42.5. The molecule has 17 nitrogen and oxygen atoms in total. The van der Waals surface area contributed by atoms with Crippen molar-refractivity contribution >= 4 is 39.5 Å². The first-order chi connectivity index (χ1) is 49.5. The molecule has 0 saturated carbocycles. The second-order valence-corrected chi connectivity index (χ2v) is 32.6. The van der Waals surface area contributed by atoms with E-state index >= 15 is 0 Å². The number of esters is 4. The standard InChI is InChI=1S/C83H158O17P2/c1-6-9-12-15-18-20-22-24-26-27-28-29-30-31-37-41-45-49-54-59-64-69-83(88)100-79(73-94-81(86)67-62-57-52-47-43-39-36-33-32-35-38-42-46-51-55-60-65-76(4)5)75-98-102(91,92)96-71-77(84)70-95-101(89,90)97-74-78(72-93-80(85)66-61-56-50-17-14-11-8-3)99-82(87)68-63-58-53-48-44-40-34-25-23-21-19-16-13-10-7-2/h21,23,25,34,76-79,84H,6-20,22,24,26-33,35-75H2,1-5H3,(H,89,90)(H,91,92)/b23-21-,34-25-/t77-,78+,79+/m0/s1. The molecule has 0 aromatic heterocycles. The quantitative estimate of drug-likeness (QED) is 0.0169. The average molecular weight is 1490 g/mol. The molecule has 19 heteroatoms. The lowest BCUT2D eigenvalue weighted by atomic mass is 10.0. The molecule has 0 aliphatic rings. The van der Waals surface area contributed by atoms with Crippen LogP contribution in [0, 0.1) is 5.92 Å². The zero-order chi connectivity index (χ0) is 74.8. The lowest BCUT2D eigenvalue weighted by Crippen LogP contribution is -2.30. The first-order valence-corrected chi connectivity index (χ1v) is 45.4. The van der Waals surface area contributed by atoms with Gasteiger partial charge in [0, 0.05) is 25.7 Å². The van der Waals surface area contributed by atoms with Crippen LogP contribution in [-0.4, -0.2) is 96.7 Å². The number of hydrogen-bond acceptors (Lipinski definition) is 15. The summed E-state index contributed by atoms with van der Waals surface area (Å²) < 4.78 is 68.6. The Bertz CT molecular complexity index is 2040. The summed E-state index contributed by atoms with van der Waals surface area (Å²) in [6.45, 7) is 7.26. The van der Waals surface area contributed by atoms with Crippen LogP contribution < -0.4 is 0 Å². The van der Waals surface area contributed by atoms with Gasteiger partial charge in [-0.15, -0.1) is 0 Å². The SMILES string of the molecule is CCCCCC/C=C\C=C/CCCCCCCC(=O)O[C@H](COC(=O)CCCCCCCCC)COP(=O)(O)OC[C@H](O)COP(=O)(O)OC[C@@H](COC(=O)CCCCCCCCCCCCCCCCCCC(C)C)OC(=O)CCCCCCCCCCCCCCCCCCCCCCC. The van der Waals surface area contributed by atoms with E-state index in [4.69, 9.17) is 37.0 Å². The molecule has 0 amide bonds. The minimum Gasteiger partial charge on any atom is -0.462 e. The van der Waals surface area contributed by atoms with Crippen LogP contribution in [0.15, 0.2) is 24.3 Å². The highest BCUT2D eigenvalue weighted by molar-refractivity contribution is 7.47. The Morgan fingerprint density at radius 3 is 0.804 bits per heavy atom. The van der Waals surface area contributed by atoms with E-state index in [1.807, 2.05) is 0 Å². The summed E-state index contributed by atoms with van der Waals surface area (Å²) in [5, 5.41) is 10.6. The highest BCUT2D eigenvalue weighted by Gasteiger charge is 2.30. The van der Waals surface area contributed by atoms with Crippen LogP contribution in [0.4, 0.5) is 0 Å². The monoisotopic (exact) mass is 1490 g/mol. The Morgan fingerprint density at radius 1 is 0.304 bits per heavy atom. The third-order valence-electron chi connectivity index (χ3n) is 18.9. The molecular weight excluding hydrogens is 1330 g/mol. The van der Waals surface area contributed by atoms with Gasteiger partial charge < -0.3 is 33.8 Å². The van der Waals surface area contributed by atoms with Crippen molar-refractivity contribution in [3.05, 3.63) is 24.3 Å². The Morgan fingerprint density at radius 2 is 0.529 bits per heavy atom. The van der Waals surface area contributed by atoms with Gasteiger partial charge >= 0.3 is 39.5 Å². The average Bonchev–Trinajstić information content (AvgIpc) is 0.913. The van der Waals surface area contributed by atoms with Gasteiger partial charge in [0.1, 0.15) is 19.3 Å². The van der Waals surface area contributed by atoms with Gasteiger partial charge in [0.25, 0.3) is 0 Å². The molecule has 0 radical (unpaired) electrons. The number of phosphoric ester groups is 2. The van der Waals surface area contributed by atoms with Crippen molar-refractivity contribution in [2.24, 2.45) is 5.92 Å². The largest absolute Gasteiger partial charge is 0.472 e. The van der Waals surface area contributed by atoms with Gasteiger partial charge in [-0.2, -0.15) is 0 Å². The number of carbonyl (C=O) groups is 4. The molecule has 5 atom stereocenters. The maximum Gasteiger partial charge on any atom is 0.472 e. The van der Waals surface area contributed by atoms with Crippen LogP contribution >= 0.6 is 15.6 Å². The number of unbranched alkanes of at least 4 members (excludes halogenated alkanes) is 50. The summed E-state index contributed by atoms with van der Waals surface area (Å²) in [6.07, 6.45) is 70.5. The summed E-state index contributed by atoms with van der Waals surface area (Å²) in [6, 6.07) is 0. The van der Waals surface area contributed by atoms with Crippen molar-refractivity contribution in [1.29, 1.82) is 0 Å². The van der Waals surface area contributed by atoms with Crippen molar-refractivity contribution in [2.45, 2.75) is 438 Å². The number of rotatable bonds is 81. The summed E-state index contributed by atoms with van der Waals surface area (Å²) in [5.41, 5.74) is 0. The van der Waals surface area contributed by atoms with Gasteiger partial charge in [-0.25, -0.2) is 9.13 Å². The van der Waals surface area contributed by atoms with E-state index < -0.39 is 97.5 Å². The second-order valence-electron chi connectivity index (χ2n) is 29.7. The molecule has 0 aromatic carbocycles. The number of carbonyl (C=O) groups excluding carboxylic acids is 4. The molecule has 3 N–H and O–H groups in total. The van der Waals surface area contributed by atoms with E-state index in [0.29, 0.717) is 25.7 Å². The molecule has 0 saturated heterocycles. The fraction of sp³-hybridized carbons (Fsp3) is 0.904. The number of hydrogen-bond donors (Lipinski definition) is 3. The molecule has 0 aliphatic carbocycles. The summed E-state index contributed by atoms with van der Waals surface area (Å²) in [7, 11) is -9.93. The predicted molar refractivity (Wildman–Crippen MR) is 418 cm³/mol. The van der Waals surface area contributed by atoms with Gasteiger partial charge in [-0.1, -0.05) is 367 Å². The molecule has 102 heavy (non-hydrogen) atoms. The van der Waals surface area contributed by atoms with Gasteiger partial charge in [-0.05, 0) is 57.3 Å². The molecule has 0 spiro atoms. The molecule has 0 bridgehead atoms. The molecule has 0 aromatic rings. The van der Waals surface area contributed by atoms with Crippen LogP contribution in [0.5, 0.6) is 0 Å². The van der Waals surface area contributed by atoms with E-state index in [0.717, 1.165) is 121 Å². The Hall–Kier alpha value is -2.46. The number of aliphatic hydroxyl groups is 1. The summed E-state index contributed by atoms with van der Waals surface area (Å²) >= 11 is 0. The van der Waals surface area contributed by atoms with Gasteiger partial charge in [-0.3, -0.25) is 37.3 Å². The van der Waals surface area contributed by atoms with E-state index in [2.05, 4.69) is 58.9 Å². The minimum absolute atomic E-state index is 0.0851. The number of allylic oxidation sites excluding steroid dienone is 4. The van der Waals surface area contributed by atoms with E-state index in [-0.39, 0.29) is 25.7 Å². The smallest absolute Gasteiger partial charge is 0.462 e. The van der Waals surface area contributed by atoms with Crippen LogP contribution in [0.25, 0.3) is 0 Å². The molecule has 2 unspecified atom stereocenters. The lowest BCUT2D eigenvalue weighted by molar-refractivity contribution is -0.161. The van der Waals surface area contributed by atoms with Crippen LogP contribution in [0.3, 0.4) is 0 Å². The van der Waals surface area contributed by atoms with Gasteiger partial charge in [0.2, 0.25) is 0 Å². The van der Waals surface area contributed by atoms with E-state index in [9.17, 15) is 43.2 Å². The fourth-order valence-corrected chi connectivity index (χ4v) is 14.0. The van der Waals surface area contributed by atoms with Crippen molar-refractivity contribution in [3.8, 4) is 0 Å². The van der Waals surface area contributed by atoms with Gasteiger partial charge in [0.15, 0.2) is 12.2 Å². The minimum atomic E-state index is -4.97. The van der Waals surface area contributed by atoms with E-state index in [1.54, 1.807) is 0 Å². The normalized spacial score (nSPS) is 14.0. The molecule has 0 heterocycles. The fourth-order valence-electron chi connectivity index (χ4n) is 12.4. The zero-order valence-corrected chi connectivity index (χ0v) is 68.0. The second kappa shape index (κ2) is 75.4. The summed E-state index contributed by atoms with van der Waals surface area (Å²) in [4.78, 5) is 72.9. The number of phosphoric acid groups is 2. The lowest BCUT2D eigenvalue weighted by Gasteiger charge is -2.21. The van der Waals surface area contributed by atoms with Crippen LogP contribution in [0.2, 0.25) is 0 Å². The predicted octanol–water partition coefficient (Wildman–Crippen LogP) is 24.8. The Labute approximate surface area is 624 Å². The summed E-state index contributed by atoms with van der Waals surface area (Å²) in [5.74, 6) is -1.33. The first kappa shape index (κ1) is 99.5. The van der Waals surface area contributed by atoms with Crippen LogP contribution in [-0.2, 0) is 65.4 Å². The van der Waals surface area contributed by atoms with Gasteiger partial charge in [0.05, 0.1) is 26.4 Å². The molecular formula is C83H158O17P2. The Balaban J connectivity index is 5.19. The third kappa shape index (κ3) is 75.8. The van der Waals surface area contributed by atoms with Crippen molar-refractivity contribution in [1.82, 2.24) is 0 Å². The molecule has 0 aliphatic heterocycles. The Kier molecular flexibility index (Phi) is 73.5. The topological polar surface area (TPSA) is 237 Å². The zero-order valence-electron chi connectivity index (χ0n) is 66.2. The third-order valence-corrected chi connectivity index (χ3v) is 20.8. The maximum atomic E-state index is 13.1. The van der Waals surface area contributed by atoms with Crippen LogP contribution in [0.1, 0.15) is 420 Å². The van der Waals surface area contributed by atoms with E-state index in [1.165, 1.54) is 218 Å². The van der Waals surface area contributed by atoms with Crippen molar-refractivity contribution in [3.63, 3.8) is 0 Å². The molecule has 602 valence electrons. The number of aliphatic hydroxyl groups excluding tert-OH is 1. The highest BCUT2D eigenvalue weighted by Crippen LogP contribution is 2.45. The number of ether oxygens (including phenoxy) is 4.